The predicted octanol–water partition coefficient (Wildman–Crippen LogP) is 2.74. The number of nitrogens with zero attached hydrogens (tertiary/aromatic N) is 2. The molecule has 0 unspecified atom stereocenters. The quantitative estimate of drug-likeness (QED) is 0.780. The van der Waals surface area contributed by atoms with Gasteiger partial charge in [-0.05, 0) is 25.1 Å². The van der Waals surface area contributed by atoms with Gasteiger partial charge in [0.2, 0.25) is 0 Å². The molecule has 4 nitrogen and oxygen atoms in total. The predicted molar refractivity (Wildman–Crippen MR) is 69.3 cm³/mol. The molecule has 0 aliphatic carbocycles. The van der Waals surface area contributed by atoms with E-state index in [1.54, 1.807) is 24.4 Å². The Hall–Kier alpha value is -1.81. The highest BCUT2D eigenvalue weighted by Gasteiger charge is 2.03. The molecule has 5 heteroatoms. The SMILES string of the molecule is Cc1nccn1CCOc1ccc(C=O)cc1Cl. The number of hydrogen-bond acceptors (Lipinski definition) is 3. The van der Waals surface area contributed by atoms with E-state index in [9.17, 15) is 4.79 Å². The molecule has 0 saturated heterocycles. The monoisotopic (exact) mass is 264 g/mol. The first-order valence-corrected chi connectivity index (χ1v) is 5.94. The van der Waals surface area contributed by atoms with Gasteiger partial charge in [0.15, 0.2) is 0 Å². The maximum absolute atomic E-state index is 10.6. The fraction of sp³-hybridized carbons (Fsp3) is 0.231. The Morgan fingerprint density at radius 3 is 2.94 bits per heavy atom. The summed E-state index contributed by atoms with van der Waals surface area (Å²) >= 11 is 6.00. The number of rotatable bonds is 5. The molecular weight excluding hydrogens is 252 g/mol. The van der Waals surface area contributed by atoms with Gasteiger partial charge in [0, 0.05) is 18.0 Å². The molecule has 0 radical (unpaired) electrons. The summed E-state index contributed by atoms with van der Waals surface area (Å²) in [5.74, 6) is 1.53. The highest BCUT2D eigenvalue weighted by molar-refractivity contribution is 6.32. The first kappa shape index (κ1) is 12.6. The molecule has 0 aliphatic heterocycles. The van der Waals surface area contributed by atoms with Crippen LogP contribution in [-0.2, 0) is 6.54 Å². The maximum atomic E-state index is 10.6. The molecule has 0 saturated carbocycles. The van der Waals surface area contributed by atoms with Crippen LogP contribution in [0, 0.1) is 6.92 Å². The molecule has 0 fully saturated rings. The maximum Gasteiger partial charge on any atom is 0.150 e. The van der Waals surface area contributed by atoms with Crippen molar-refractivity contribution in [3.8, 4) is 5.75 Å². The van der Waals surface area contributed by atoms with Gasteiger partial charge in [0.05, 0.1) is 11.6 Å². The van der Waals surface area contributed by atoms with Crippen molar-refractivity contribution < 1.29 is 9.53 Å². The Morgan fingerprint density at radius 2 is 2.33 bits per heavy atom. The summed E-state index contributed by atoms with van der Waals surface area (Å²) in [7, 11) is 0. The van der Waals surface area contributed by atoms with E-state index in [0.29, 0.717) is 29.5 Å². The van der Waals surface area contributed by atoms with Crippen LogP contribution in [0.25, 0.3) is 0 Å². The van der Waals surface area contributed by atoms with Crippen LogP contribution in [0.5, 0.6) is 5.75 Å². The second-order valence-corrected chi connectivity index (χ2v) is 4.23. The third kappa shape index (κ3) is 2.90. The lowest BCUT2D eigenvalue weighted by Gasteiger charge is -2.09. The number of ether oxygens (including phenoxy) is 1. The molecule has 0 bridgehead atoms. The summed E-state index contributed by atoms with van der Waals surface area (Å²) in [6, 6.07) is 4.97. The van der Waals surface area contributed by atoms with Crippen LogP contribution >= 0.6 is 11.6 Å². The van der Waals surface area contributed by atoms with Gasteiger partial charge in [0.25, 0.3) is 0 Å². The number of imidazole rings is 1. The highest BCUT2D eigenvalue weighted by atomic mass is 35.5. The van der Waals surface area contributed by atoms with Crippen LogP contribution < -0.4 is 4.74 Å². The third-order valence-electron chi connectivity index (χ3n) is 2.61. The Kier molecular flexibility index (Phi) is 3.99. The molecule has 0 aliphatic rings. The van der Waals surface area contributed by atoms with Gasteiger partial charge >= 0.3 is 0 Å². The van der Waals surface area contributed by atoms with E-state index in [0.717, 1.165) is 12.1 Å². The molecular formula is C13H13ClN2O2. The molecule has 0 spiro atoms. The number of halogens is 1. The summed E-state index contributed by atoms with van der Waals surface area (Å²) in [5.41, 5.74) is 0.540. The van der Waals surface area contributed by atoms with Gasteiger partial charge in [-0.15, -0.1) is 0 Å². The Morgan fingerprint density at radius 1 is 1.50 bits per heavy atom. The lowest BCUT2D eigenvalue weighted by Crippen LogP contribution is -2.09. The largest absolute Gasteiger partial charge is 0.490 e. The van der Waals surface area contributed by atoms with Crippen molar-refractivity contribution in [2.45, 2.75) is 13.5 Å². The van der Waals surface area contributed by atoms with E-state index in [1.165, 1.54) is 0 Å². The van der Waals surface area contributed by atoms with Crippen LogP contribution in [0.1, 0.15) is 16.2 Å². The van der Waals surface area contributed by atoms with Gasteiger partial charge < -0.3 is 9.30 Å². The van der Waals surface area contributed by atoms with Crippen molar-refractivity contribution in [1.82, 2.24) is 9.55 Å². The molecule has 1 aromatic heterocycles. The zero-order chi connectivity index (χ0) is 13.0. The van der Waals surface area contributed by atoms with E-state index >= 15 is 0 Å². The van der Waals surface area contributed by atoms with Gasteiger partial charge in [-0.25, -0.2) is 4.98 Å². The number of aromatic nitrogens is 2. The van der Waals surface area contributed by atoms with Crippen LogP contribution in [0.3, 0.4) is 0 Å². The number of carbonyl (C=O) groups is 1. The summed E-state index contributed by atoms with van der Waals surface area (Å²) in [6.45, 7) is 3.14. The molecule has 2 rings (SSSR count). The first-order valence-electron chi connectivity index (χ1n) is 5.56. The van der Waals surface area contributed by atoms with Crippen molar-refractivity contribution in [1.29, 1.82) is 0 Å². The Bertz CT molecular complexity index is 552. The smallest absolute Gasteiger partial charge is 0.150 e. The Labute approximate surface area is 110 Å². The molecule has 94 valence electrons. The number of benzene rings is 1. The van der Waals surface area contributed by atoms with Crippen molar-refractivity contribution in [2.75, 3.05) is 6.61 Å². The molecule has 1 aromatic carbocycles. The van der Waals surface area contributed by atoms with Crippen molar-refractivity contribution in [2.24, 2.45) is 0 Å². The van der Waals surface area contributed by atoms with Crippen molar-refractivity contribution in [3.63, 3.8) is 0 Å². The highest BCUT2D eigenvalue weighted by Crippen LogP contribution is 2.24. The van der Waals surface area contributed by atoms with Gasteiger partial charge in [0.1, 0.15) is 24.5 Å². The number of aryl methyl sites for hydroxylation is 1. The average Bonchev–Trinajstić information content (AvgIpc) is 2.77. The zero-order valence-corrected chi connectivity index (χ0v) is 10.7. The van der Waals surface area contributed by atoms with Crippen molar-refractivity contribution >= 4 is 17.9 Å². The van der Waals surface area contributed by atoms with Crippen LogP contribution in [-0.4, -0.2) is 22.4 Å². The van der Waals surface area contributed by atoms with E-state index in [-0.39, 0.29) is 0 Å². The third-order valence-corrected chi connectivity index (χ3v) is 2.90. The van der Waals surface area contributed by atoms with Gasteiger partial charge in [-0.2, -0.15) is 0 Å². The number of aldehydes is 1. The topological polar surface area (TPSA) is 44.1 Å². The average molecular weight is 265 g/mol. The normalized spacial score (nSPS) is 10.3. The lowest BCUT2D eigenvalue weighted by atomic mass is 10.2. The summed E-state index contributed by atoms with van der Waals surface area (Å²) < 4.78 is 7.56. The Balaban J connectivity index is 1.94. The zero-order valence-electron chi connectivity index (χ0n) is 9.97. The molecule has 18 heavy (non-hydrogen) atoms. The second-order valence-electron chi connectivity index (χ2n) is 3.82. The number of hydrogen-bond donors (Lipinski definition) is 0. The molecule has 2 aromatic rings. The fourth-order valence-corrected chi connectivity index (χ4v) is 1.84. The summed E-state index contributed by atoms with van der Waals surface area (Å²) in [6.07, 6.45) is 4.40. The molecule has 0 atom stereocenters. The second kappa shape index (κ2) is 5.69. The fourth-order valence-electron chi connectivity index (χ4n) is 1.60. The van der Waals surface area contributed by atoms with Crippen LogP contribution in [0.4, 0.5) is 0 Å². The van der Waals surface area contributed by atoms with Gasteiger partial charge in [-0.1, -0.05) is 11.6 Å². The van der Waals surface area contributed by atoms with Crippen LogP contribution in [0.15, 0.2) is 30.6 Å². The van der Waals surface area contributed by atoms with E-state index < -0.39 is 0 Å². The molecule has 0 amide bonds. The summed E-state index contributed by atoms with van der Waals surface area (Å²) in [5, 5.41) is 0.446. The van der Waals surface area contributed by atoms with E-state index in [4.69, 9.17) is 16.3 Å². The summed E-state index contributed by atoms with van der Waals surface area (Å²) in [4.78, 5) is 14.7. The first-order chi connectivity index (χ1) is 8.70. The van der Waals surface area contributed by atoms with Crippen molar-refractivity contribution in [3.05, 3.63) is 47.0 Å². The van der Waals surface area contributed by atoms with Gasteiger partial charge in [-0.3, -0.25) is 4.79 Å². The number of carbonyl (C=O) groups excluding carboxylic acids is 1. The molecule has 1 heterocycles. The standard InChI is InChI=1S/C13H13ClN2O2/c1-10-15-4-5-16(10)6-7-18-13-3-2-11(9-17)8-12(13)14/h2-5,8-9H,6-7H2,1H3. The lowest BCUT2D eigenvalue weighted by molar-refractivity contribution is 0.112. The van der Waals surface area contributed by atoms with E-state index in [2.05, 4.69) is 4.98 Å². The van der Waals surface area contributed by atoms with Crippen LogP contribution in [0.2, 0.25) is 5.02 Å². The molecule has 0 N–H and O–H groups in total. The van der Waals surface area contributed by atoms with E-state index in [1.807, 2.05) is 17.7 Å². The minimum absolute atomic E-state index is 0.446. The minimum Gasteiger partial charge on any atom is -0.490 e. The minimum atomic E-state index is 0.446.